The summed E-state index contributed by atoms with van der Waals surface area (Å²) in [6.07, 6.45) is 3.26. The van der Waals surface area contributed by atoms with Crippen LogP contribution in [0.1, 0.15) is 49.4 Å². The molecule has 0 aromatic heterocycles. The van der Waals surface area contributed by atoms with Gasteiger partial charge in [-0.1, -0.05) is 6.42 Å². The third kappa shape index (κ3) is 4.93. The monoisotopic (exact) mass is 406 g/mol. The summed E-state index contributed by atoms with van der Waals surface area (Å²) < 4.78 is 19.4. The van der Waals surface area contributed by atoms with Gasteiger partial charge in [0, 0.05) is 31.7 Å². The first-order valence-electron chi connectivity index (χ1n) is 10.0. The van der Waals surface area contributed by atoms with Gasteiger partial charge in [-0.05, 0) is 50.8 Å². The fourth-order valence-electron chi connectivity index (χ4n) is 3.87. The van der Waals surface area contributed by atoms with Crippen LogP contribution in [-0.4, -0.2) is 66.1 Å². The van der Waals surface area contributed by atoms with E-state index in [0.717, 1.165) is 19.3 Å². The van der Waals surface area contributed by atoms with Gasteiger partial charge in [0.2, 0.25) is 0 Å². The Hall–Kier alpha value is -2.48. The number of benzene rings is 1. The molecule has 1 aromatic carbocycles. The number of carbonyl (C=O) groups is 3. The molecule has 1 aliphatic heterocycles. The summed E-state index contributed by atoms with van der Waals surface area (Å²) >= 11 is 0. The minimum atomic E-state index is -1.47. The highest BCUT2D eigenvalue weighted by Crippen LogP contribution is 2.29. The Labute approximate surface area is 169 Å². The van der Waals surface area contributed by atoms with Crippen molar-refractivity contribution in [1.29, 1.82) is 0 Å². The summed E-state index contributed by atoms with van der Waals surface area (Å²) in [4.78, 5) is 39.2. The lowest BCUT2D eigenvalue weighted by Gasteiger charge is -2.36. The molecule has 1 saturated heterocycles. The number of aliphatic hydroxyl groups is 1. The van der Waals surface area contributed by atoms with Crippen LogP contribution in [0.4, 0.5) is 10.1 Å². The SMILES string of the molecule is CC(=O)c1ccc(N2CCN(C(=O)COC(=O)C3(O)CCCCC3)CC2)c(F)c1. The van der Waals surface area contributed by atoms with Crippen LogP contribution in [0, 0.1) is 5.82 Å². The van der Waals surface area contributed by atoms with Crippen LogP contribution >= 0.6 is 0 Å². The molecule has 0 spiro atoms. The smallest absolute Gasteiger partial charge is 0.338 e. The summed E-state index contributed by atoms with van der Waals surface area (Å²) in [5.74, 6) is -1.72. The Morgan fingerprint density at radius 2 is 1.76 bits per heavy atom. The predicted molar refractivity (Wildman–Crippen MR) is 104 cm³/mol. The molecule has 158 valence electrons. The Kier molecular flexibility index (Phi) is 6.52. The van der Waals surface area contributed by atoms with E-state index in [0.29, 0.717) is 50.3 Å². The van der Waals surface area contributed by atoms with Gasteiger partial charge < -0.3 is 19.6 Å². The van der Waals surface area contributed by atoms with Gasteiger partial charge in [0.1, 0.15) is 5.82 Å². The molecule has 29 heavy (non-hydrogen) atoms. The lowest BCUT2D eigenvalue weighted by molar-refractivity contribution is -0.172. The van der Waals surface area contributed by atoms with Crippen LogP contribution in [-0.2, 0) is 14.3 Å². The van der Waals surface area contributed by atoms with Crippen LogP contribution in [0.5, 0.6) is 0 Å². The van der Waals surface area contributed by atoms with Crippen LogP contribution in [0.15, 0.2) is 18.2 Å². The minimum absolute atomic E-state index is 0.196. The van der Waals surface area contributed by atoms with Gasteiger partial charge in [-0.2, -0.15) is 0 Å². The Bertz CT molecular complexity index is 783. The van der Waals surface area contributed by atoms with E-state index in [9.17, 15) is 23.9 Å². The van der Waals surface area contributed by atoms with E-state index in [1.807, 2.05) is 4.90 Å². The number of Topliss-reactive ketones (excluding diaryl/α,β-unsaturated/α-hetero) is 1. The molecule has 1 aliphatic carbocycles. The third-order valence-corrected chi connectivity index (χ3v) is 5.71. The molecule has 1 N–H and O–H groups in total. The fraction of sp³-hybridized carbons (Fsp3) is 0.571. The average Bonchev–Trinajstić information content (AvgIpc) is 2.72. The highest BCUT2D eigenvalue weighted by molar-refractivity contribution is 5.94. The number of ether oxygens (including phenoxy) is 1. The van der Waals surface area contributed by atoms with E-state index >= 15 is 0 Å². The number of rotatable bonds is 5. The first-order valence-corrected chi connectivity index (χ1v) is 10.0. The molecular weight excluding hydrogens is 379 g/mol. The lowest BCUT2D eigenvalue weighted by atomic mass is 9.85. The molecule has 0 unspecified atom stereocenters. The highest BCUT2D eigenvalue weighted by Gasteiger charge is 2.39. The minimum Gasteiger partial charge on any atom is -0.453 e. The Morgan fingerprint density at radius 1 is 1.10 bits per heavy atom. The normalized spacial score (nSPS) is 19.0. The molecule has 0 atom stereocenters. The van der Waals surface area contributed by atoms with Crippen LogP contribution in [0.3, 0.4) is 0 Å². The van der Waals surface area contributed by atoms with Gasteiger partial charge >= 0.3 is 5.97 Å². The predicted octanol–water partition coefficient (Wildman–Crippen LogP) is 1.92. The first kappa shape index (κ1) is 21.2. The van der Waals surface area contributed by atoms with Gasteiger partial charge in [-0.25, -0.2) is 9.18 Å². The Morgan fingerprint density at radius 3 is 2.34 bits per heavy atom. The van der Waals surface area contributed by atoms with E-state index in [2.05, 4.69) is 0 Å². The van der Waals surface area contributed by atoms with Crippen molar-refractivity contribution in [1.82, 2.24) is 4.90 Å². The largest absolute Gasteiger partial charge is 0.453 e. The first-order chi connectivity index (χ1) is 13.8. The van der Waals surface area contributed by atoms with Gasteiger partial charge in [-0.3, -0.25) is 9.59 Å². The summed E-state index contributed by atoms with van der Waals surface area (Å²) in [6, 6.07) is 4.40. The van der Waals surface area contributed by atoms with Crippen molar-refractivity contribution in [2.45, 2.75) is 44.6 Å². The molecule has 3 rings (SSSR count). The van der Waals surface area contributed by atoms with Gasteiger partial charge in [-0.15, -0.1) is 0 Å². The molecule has 2 aliphatic rings. The fourth-order valence-corrected chi connectivity index (χ4v) is 3.87. The number of ketones is 1. The van der Waals surface area contributed by atoms with Crippen molar-refractivity contribution >= 4 is 23.3 Å². The molecule has 0 radical (unpaired) electrons. The highest BCUT2D eigenvalue weighted by atomic mass is 19.1. The van der Waals surface area contributed by atoms with Crippen LogP contribution in [0.25, 0.3) is 0 Å². The second kappa shape index (κ2) is 8.90. The summed E-state index contributed by atoms with van der Waals surface area (Å²) in [5.41, 5.74) is -0.754. The van der Waals surface area contributed by atoms with E-state index in [4.69, 9.17) is 4.74 Å². The standard InChI is InChI=1S/C21H27FN2O5/c1-15(25)16-5-6-18(17(22)13-16)23-9-11-24(12-10-23)19(26)14-29-20(27)21(28)7-3-2-4-8-21/h5-6,13,28H,2-4,7-12,14H2,1H3. The summed E-state index contributed by atoms with van der Waals surface area (Å²) in [6.45, 7) is 2.59. The van der Waals surface area contributed by atoms with E-state index in [1.54, 1.807) is 17.0 Å². The quantitative estimate of drug-likeness (QED) is 0.594. The third-order valence-electron chi connectivity index (χ3n) is 5.71. The average molecular weight is 406 g/mol. The molecular formula is C21H27FN2O5. The van der Waals surface area contributed by atoms with Crippen molar-refractivity contribution in [3.05, 3.63) is 29.6 Å². The number of carbonyl (C=O) groups excluding carboxylic acids is 3. The molecule has 0 bridgehead atoms. The lowest BCUT2D eigenvalue weighted by Crippen LogP contribution is -2.50. The topological polar surface area (TPSA) is 87.2 Å². The number of halogens is 1. The Balaban J connectivity index is 1.49. The molecule has 1 amide bonds. The summed E-state index contributed by atoms with van der Waals surface area (Å²) in [5, 5.41) is 10.3. The van der Waals surface area contributed by atoms with Crippen LogP contribution < -0.4 is 4.90 Å². The van der Waals surface area contributed by atoms with Gasteiger partial charge in [0.05, 0.1) is 5.69 Å². The zero-order valence-corrected chi connectivity index (χ0v) is 16.7. The van der Waals surface area contributed by atoms with Crippen molar-refractivity contribution in [2.75, 3.05) is 37.7 Å². The van der Waals surface area contributed by atoms with E-state index in [1.165, 1.54) is 13.0 Å². The number of anilines is 1. The molecule has 1 heterocycles. The number of piperazine rings is 1. The molecule has 1 aromatic rings. The number of nitrogens with zero attached hydrogens (tertiary/aromatic N) is 2. The van der Waals surface area contributed by atoms with Crippen molar-refractivity contribution in [3.8, 4) is 0 Å². The number of amides is 1. The maximum atomic E-state index is 14.3. The number of hydrogen-bond donors (Lipinski definition) is 1. The van der Waals surface area contributed by atoms with Crippen molar-refractivity contribution in [2.24, 2.45) is 0 Å². The zero-order valence-electron chi connectivity index (χ0n) is 16.7. The molecule has 7 nitrogen and oxygen atoms in total. The van der Waals surface area contributed by atoms with Crippen molar-refractivity contribution < 1.29 is 28.6 Å². The maximum Gasteiger partial charge on any atom is 0.338 e. The van der Waals surface area contributed by atoms with E-state index in [-0.39, 0.29) is 11.7 Å². The molecule has 1 saturated carbocycles. The number of esters is 1. The molecule has 8 heteroatoms. The summed E-state index contributed by atoms with van der Waals surface area (Å²) in [7, 11) is 0. The van der Waals surface area contributed by atoms with Gasteiger partial charge in [0.25, 0.3) is 5.91 Å². The van der Waals surface area contributed by atoms with Crippen molar-refractivity contribution in [3.63, 3.8) is 0 Å². The van der Waals surface area contributed by atoms with Gasteiger partial charge in [0.15, 0.2) is 18.0 Å². The zero-order chi connectivity index (χ0) is 21.0. The number of hydrogen-bond acceptors (Lipinski definition) is 6. The second-order valence-electron chi connectivity index (χ2n) is 7.76. The molecule has 2 fully saturated rings. The second-order valence-corrected chi connectivity index (χ2v) is 7.76. The maximum absolute atomic E-state index is 14.3. The van der Waals surface area contributed by atoms with Crippen LogP contribution in [0.2, 0.25) is 0 Å². The van der Waals surface area contributed by atoms with E-state index < -0.39 is 24.0 Å².